The van der Waals surface area contributed by atoms with Crippen LogP contribution in [0.1, 0.15) is 70.1 Å². The van der Waals surface area contributed by atoms with Crippen LogP contribution in [0.15, 0.2) is 4.52 Å². The molecular formula is C14H25N3O2. The van der Waals surface area contributed by atoms with Crippen molar-refractivity contribution in [2.24, 2.45) is 11.7 Å². The molecule has 0 saturated heterocycles. The van der Waals surface area contributed by atoms with Crippen molar-refractivity contribution >= 4 is 0 Å². The number of nitrogens with zero attached hydrogens (tertiary/aromatic N) is 2. The normalized spacial score (nSPS) is 29.4. The fourth-order valence-electron chi connectivity index (χ4n) is 2.99. The summed E-state index contributed by atoms with van der Waals surface area (Å²) >= 11 is 0. The van der Waals surface area contributed by atoms with E-state index in [0.717, 1.165) is 32.1 Å². The highest BCUT2D eigenvalue weighted by Gasteiger charge is 2.41. The maximum atomic E-state index is 6.02. The predicted octanol–water partition coefficient (Wildman–Crippen LogP) is 2.92. The molecule has 108 valence electrons. The molecule has 0 aliphatic heterocycles. The Labute approximate surface area is 114 Å². The van der Waals surface area contributed by atoms with E-state index in [2.05, 4.69) is 24.0 Å². The minimum atomic E-state index is -0.384. The Morgan fingerprint density at radius 1 is 1.58 bits per heavy atom. The van der Waals surface area contributed by atoms with Crippen molar-refractivity contribution in [3.05, 3.63) is 11.7 Å². The van der Waals surface area contributed by atoms with Gasteiger partial charge in [0.25, 0.3) is 0 Å². The molecule has 1 heterocycles. The maximum Gasteiger partial charge on any atom is 0.243 e. The molecule has 3 atom stereocenters. The molecule has 0 radical (unpaired) electrons. The van der Waals surface area contributed by atoms with Gasteiger partial charge in [0, 0.05) is 7.11 Å². The smallest absolute Gasteiger partial charge is 0.243 e. The van der Waals surface area contributed by atoms with Crippen LogP contribution in [0.25, 0.3) is 0 Å². The van der Waals surface area contributed by atoms with E-state index in [1.54, 1.807) is 7.11 Å². The number of ether oxygens (including phenoxy) is 1. The SMILES string of the molecule is CCCC(N)c1nc(C2(OC)CCCC(C)C2)no1. The average Bonchev–Trinajstić information content (AvgIpc) is 2.89. The van der Waals surface area contributed by atoms with Crippen molar-refractivity contribution < 1.29 is 9.26 Å². The van der Waals surface area contributed by atoms with E-state index in [0.29, 0.717) is 17.6 Å². The molecule has 5 heteroatoms. The fourth-order valence-corrected chi connectivity index (χ4v) is 2.99. The van der Waals surface area contributed by atoms with Gasteiger partial charge in [-0.25, -0.2) is 0 Å². The molecule has 3 unspecified atom stereocenters. The summed E-state index contributed by atoms with van der Waals surface area (Å²) in [5.41, 5.74) is 5.64. The molecule has 0 bridgehead atoms. The second-order valence-corrected chi connectivity index (χ2v) is 5.75. The van der Waals surface area contributed by atoms with Gasteiger partial charge >= 0.3 is 0 Å². The van der Waals surface area contributed by atoms with Crippen LogP contribution in [-0.2, 0) is 10.3 Å². The number of hydrogen-bond donors (Lipinski definition) is 1. The number of nitrogens with two attached hydrogens (primary N) is 1. The van der Waals surface area contributed by atoms with Gasteiger partial charge in [-0.2, -0.15) is 4.98 Å². The molecule has 2 N–H and O–H groups in total. The first-order chi connectivity index (χ1) is 9.11. The Morgan fingerprint density at radius 2 is 2.37 bits per heavy atom. The van der Waals surface area contributed by atoms with E-state index in [-0.39, 0.29) is 11.6 Å². The summed E-state index contributed by atoms with van der Waals surface area (Å²) in [4.78, 5) is 4.50. The van der Waals surface area contributed by atoms with E-state index in [1.165, 1.54) is 6.42 Å². The molecule has 0 aromatic carbocycles. The van der Waals surface area contributed by atoms with Gasteiger partial charge in [0.05, 0.1) is 6.04 Å². The highest BCUT2D eigenvalue weighted by atomic mass is 16.5. The van der Waals surface area contributed by atoms with E-state index in [1.807, 2.05) is 0 Å². The van der Waals surface area contributed by atoms with Crippen molar-refractivity contribution in [1.29, 1.82) is 0 Å². The van der Waals surface area contributed by atoms with Crippen molar-refractivity contribution in [2.75, 3.05) is 7.11 Å². The maximum absolute atomic E-state index is 6.02. The van der Waals surface area contributed by atoms with Crippen LogP contribution in [0.3, 0.4) is 0 Å². The number of hydrogen-bond acceptors (Lipinski definition) is 5. The Balaban J connectivity index is 2.19. The van der Waals surface area contributed by atoms with Crippen molar-refractivity contribution in [2.45, 2.75) is 64.0 Å². The zero-order valence-corrected chi connectivity index (χ0v) is 12.2. The first-order valence-corrected chi connectivity index (χ1v) is 7.26. The van der Waals surface area contributed by atoms with Gasteiger partial charge in [-0.15, -0.1) is 0 Å². The van der Waals surface area contributed by atoms with Gasteiger partial charge in [-0.1, -0.05) is 31.8 Å². The van der Waals surface area contributed by atoms with Gasteiger partial charge in [-0.3, -0.25) is 0 Å². The van der Waals surface area contributed by atoms with Gasteiger partial charge in [-0.05, 0) is 31.6 Å². The minimum Gasteiger partial charge on any atom is -0.370 e. The molecule has 0 amide bonds. The first kappa shape index (κ1) is 14.5. The lowest BCUT2D eigenvalue weighted by atomic mass is 9.78. The summed E-state index contributed by atoms with van der Waals surface area (Å²) in [6.07, 6.45) is 6.15. The summed E-state index contributed by atoms with van der Waals surface area (Å²) in [6, 6.07) is -0.166. The molecule has 1 saturated carbocycles. The zero-order valence-electron chi connectivity index (χ0n) is 12.2. The van der Waals surface area contributed by atoms with Crippen LogP contribution in [0, 0.1) is 5.92 Å². The summed E-state index contributed by atoms with van der Waals surface area (Å²) in [5, 5.41) is 4.13. The zero-order chi connectivity index (χ0) is 13.9. The standard InChI is InChI=1S/C14H25N3O2/c1-4-6-11(15)12-16-13(17-19-12)14(18-3)8-5-7-10(2)9-14/h10-11H,4-9,15H2,1-3H3. The monoisotopic (exact) mass is 267 g/mol. The summed E-state index contributed by atoms with van der Waals surface area (Å²) in [5.74, 6) is 1.83. The Hall–Kier alpha value is -0.940. The quantitative estimate of drug-likeness (QED) is 0.887. The lowest BCUT2D eigenvalue weighted by Crippen LogP contribution is -2.35. The molecule has 1 aromatic heterocycles. The lowest BCUT2D eigenvalue weighted by molar-refractivity contribution is -0.0658. The van der Waals surface area contributed by atoms with Crippen molar-refractivity contribution in [1.82, 2.24) is 10.1 Å². The molecule has 1 aliphatic rings. The molecule has 1 aliphatic carbocycles. The number of aromatic nitrogens is 2. The third kappa shape index (κ3) is 2.98. The summed E-state index contributed by atoms with van der Waals surface area (Å²) in [7, 11) is 1.74. The molecule has 1 fully saturated rings. The second-order valence-electron chi connectivity index (χ2n) is 5.75. The third-order valence-electron chi connectivity index (χ3n) is 4.11. The molecule has 2 rings (SSSR count). The van der Waals surface area contributed by atoms with E-state index in [4.69, 9.17) is 15.0 Å². The van der Waals surface area contributed by atoms with E-state index < -0.39 is 0 Å². The lowest BCUT2D eigenvalue weighted by Gasteiger charge is -2.36. The third-order valence-corrected chi connectivity index (χ3v) is 4.11. The topological polar surface area (TPSA) is 74.2 Å². The van der Waals surface area contributed by atoms with Crippen LogP contribution >= 0.6 is 0 Å². The first-order valence-electron chi connectivity index (χ1n) is 7.26. The van der Waals surface area contributed by atoms with Crippen LogP contribution in [-0.4, -0.2) is 17.3 Å². The Morgan fingerprint density at radius 3 is 3.00 bits per heavy atom. The number of rotatable bonds is 5. The summed E-state index contributed by atoms with van der Waals surface area (Å²) < 4.78 is 11.1. The van der Waals surface area contributed by atoms with Gasteiger partial charge in [0.1, 0.15) is 5.60 Å². The van der Waals surface area contributed by atoms with E-state index in [9.17, 15) is 0 Å². The Bertz CT molecular complexity index is 407. The van der Waals surface area contributed by atoms with E-state index >= 15 is 0 Å². The van der Waals surface area contributed by atoms with Crippen LogP contribution < -0.4 is 5.73 Å². The van der Waals surface area contributed by atoms with Gasteiger partial charge in [0.15, 0.2) is 0 Å². The highest BCUT2D eigenvalue weighted by molar-refractivity contribution is 5.05. The molecule has 5 nitrogen and oxygen atoms in total. The van der Waals surface area contributed by atoms with Gasteiger partial charge in [0.2, 0.25) is 11.7 Å². The van der Waals surface area contributed by atoms with Gasteiger partial charge < -0.3 is 15.0 Å². The average molecular weight is 267 g/mol. The molecule has 1 aromatic rings. The van der Waals surface area contributed by atoms with Crippen LogP contribution in [0.2, 0.25) is 0 Å². The van der Waals surface area contributed by atoms with Crippen LogP contribution in [0.4, 0.5) is 0 Å². The largest absolute Gasteiger partial charge is 0.370 e. The highest BCUT2D eigenvalue weighted by Crippen LogP contribution is 2.41. The summed E-state index contributed by atoms with van der Waals surface area (Å²) in [6.45, 7) is 4.34. The minimum absolute atomic E-state index is 0.166. The van der Waals surface area contributed by atoms with Crippen molar-refractivity contribution in [3.63, 3.8) is 0 Å². The van der Waals surface area contributed by atoms with Crippen LogP contribution in [0.5, 0.6) is 0 Å². The Kier molecular flexibility index (Phi) is 4.58. The molecule has 0 spiro atoms. The fraction of sp³-hybridized carbons (Fsp3) is 0.857. The second kappa shape index (κ2) is 6.01. The molecule has 19 heavy (non-hydrogen) atoms. The van der Waals surface area contributed by atoms with Crippen molar-refractivity contribution in [3.8, 4) is 0 Å². The molecular weight excluding hydrogens is 242 g/mol. The predicted molar refractivity (Wildman–Crippen MR) is 72.5 cm³/mol. The number of methoxy groups -OCH3 is 1.